The van der Waals surface area contributed by atoms with Crippen LogP contribution in [-0.4, -0.2) is 24.1 Å². The van der Waals surface area contributed by atoms with E-state index in [9.17, 15) is 14.4 Å². The molecular weight excluding hydrogens is 208 g/mol. The molecule has 1 fully saturated rings. The third-order valence-corrected chi connectivity index (χ3v) is 2.76. The third-order valence-electron chi connectivity index (χ3n) is 2.76. The van der Waals surface area contributed by atoms with Crippen LogP contribution in [0.2, 0.25) is 0 Å². The van der Waals surface area contributed by atoms with E-state index in [0.29, 0.717) is 12.8 Å². The fourth-order valence-corrected chi connectivity index (χ4v) is 2.05. The van der Waals surface area contributed by atoms with Gasteiger partial charge in [-0.25, -0.2) is 0 Å². The van der Waals surface area contributed by atoms with E-state index in [0.717, 1.165) is 0 Å². The van der Waals surface area contributed by atoms with Gasteiger partial charge in [0.05, 0.1) is 18.9 Å². The fraction of sp³-hybridized carbons (Fsp3) is 0.750. The highest BCUT2D eigenvalue weighted by Gasteiger charge is 2.40. The zero-order valence-corrected chi connectivity index (χ0v) is 10.0. The van der Waals surface area contributed by atoms with Crippen molar-refractivity contribution < 1.29 is 19.1 Å². The van der Waals surface area contributed by atoms with Gasteiger partial charge >= 0.3 is 5.97 Å². The molecular formula is C12H18O4. The Morgan fingerprint density at radius 3 is 2.25 bits per heavy atom. The molecule has 0 unspecified atom stereocenters. The number of esters is 1. The molecule has 0 aromatic rings. The Balaban J connectivity index is 2.65. The van der Waals surface area contributed by atoms with Crippen LogP contribution in [-0.2, 0) is 19.1 Å². The molecule has 0 atom stereocenters. The minimum atomic E-state index is -0.771. The zero-order chi connectivity index (χ0) is 12.3. The zero-order valence-electron chi connectivity index (χ0n) is 10.0. The van der Waals surface area contributed by atoms with Crippen molar-refractivity contribution in [3.05, 3.63) is 0 Å². The minimum absolute atomic E-state index is 0.0956. The maximum absolute atomic E-state index is 11.7. The smallest absolute Gasteiger partial charge is 0.306 e. The van der Waals surface area contributed by atoms with Crippen LogP contribution in [0.5, 0.6) is 0 Å². The second-order valence-electron chi connectivity index (χ2n) is 5.01. The Bertz CT molecular complexity index is 297. The number of carbonyl (C=O) groups is 3. The SMILES string of the molecule is CCOC(=O)CC1C(=O)CC(C)(C)CC1=O. The third kappa shape index (κ3) is 3.15. The molecule has 1 aliphatic carbocycles. The molecule has 0 N–H and O–H groups in total. The van der Waals surface area contributed by atoms with Crippen LogP contribution in [0.25, 0.3) is 0 Å². The van der Waals surface area contributed by atoms with Gasteiger partial charge in [-0.2, -0.15) is 0 Å². The van der Waals surface area contributed by atoms with Crippen molar-refractivity contribution in [2.24, 2.45) is 11.3 Å². The number of rotatable bonds is 3. The van der Waals surface area contributed by atoms with Crippen LogP contribution in [0.4, 0.5) is 0 Å². The number of ether oxygens (including phenoxy) is 1. The molecule has 16 heavy (non-hydrogen) atoms. The summed E-state index contributed by atoms with van der Waals surface area (Å²) in [6.45, 7) is 5.76. The maximum Gasteiger partial charge on any atom is 0.306 e. The summed E-state index contributed by atoms with van der Waals surface area (Å²) in [4.78, 5) is 34.7. The first kappa shape index (κ1) is 12.9. The molecule has 4 heteroatoms. The lowest BCUT2D eigenvalue weighted by atomic mass is 9.71. The number of hydrogen-bond donors (Lipinski definition) is 0. The quantitative estimate of drug-likeness (QED) is 0.540. The molecule has 0 aromatic carbocycles. The van der Waals surface area contributed by atoms with Gasteiger partial charge in [-0.1, -0.05) is 13.8 Å². The predicted octanol–water partition coefficient (Wildman–Crippen LogP) is 1.51. The summed E-state index contributed by atoms with van der Waals surface area (Å²) in [5.74, 6) is -1.50. The molecule has 4 nitrogen and oxygen atoms in total. The van der Waals surface area contributed by atoms with Gasteiger partial charge in [0.15, 0.2) is 0 Å². The van der Waals surface area contributed by atoms with Gasteiger partial charge in [0.1, 0.15) is 11.6 Å². The summed E-state index contributed by atoms with van der Waals surface area (Å²) in [6.07, 6.45) is 0.632. The lowest BCUT2D eigenvalue weighted by Gasteiger charge is -2.31. The highest BCUT2D eigenvalue weighted by molar-refractivity contribution is 6.07. The summed E-state index contributed by atoms with van der Waals surface area (Å²) in [7, 11) is 0. The van der Waals surface area contributed by atoms with Crippen molar-refractivity contribution in [2.45, 2.75) is 40.0 Å². The van der Waals surface area contributed by atoms with E-state index in [1.54, 1.807) is 6.92 Å². The van der Waals surface area contributed by atoms with Crippen LogP contribution in [0.1, 0.15) is 40.0 Å². The second-order valence-corrected chi connectivity index (χ2v) is 5.01. The normalized spacial score (nSPS) is 20.9. The van der Waals surface area contributed by atoms with E-state index < -0.39 is 11.9 Å². The molecule has 0 saturated heterocycles. The molecule has 1 aliphatic rings. The maximum atomic E-state index is 11.7. The first-order valence-corrected chi connectivity index (χ1v) is 5.57. The number of Topliss-reactive ketones (excluding diaryl/α,β-unsaturated/α-hetero) is 2. The molecule has 0 aliphatic heterocycles. The lowest BCUT2D eigenvalue weighted by molar-refractivity contribution is -0.151. The van der Waals surface area contributed by atoms with Gasteiger partial charge in [0.25, 0.3) is 0 Å². The average molecular weight is 226 g/mol. The minimum Gasteiger partial charge on any atom is -0.466 e. The molecule has 1 rings (SSSR count). The van der Waals surface area contributed by atoms with E-state index in [2.05, 4.69) is 0 Å². The van der Waals surface area contributed by atoms with E-state index in [-0.39, 0.29) is 30.0 Å². The first-order chi connectivity index (χ1) is 7.35. The number of hydrogen-bond acceptors (Lipinski definition) is 4. The fourth-order valence-electron chi connectivity index (χ4n) is 2.05. The molecule has 0 bridgehead atoms. The van der Waals surface area contributed by atoms with Gasteiger partial charge in [0, 0.05) is 12.8 Å². The van der Waals surface area contributed by atoms with Crippen LogP contribution in [0.3, 0.4) is 0 Å². The highest BCUT2D eigenvalue weighted by atomic mass is 16.5. The van der Waals surface area contributed by atoms with Crippen molar-refractivity contribution in [3.63, 3.8) is 0 Å². The van der Waals surface area contributed by atoms with Crippen LogP contribution < -0.4 is 0 Å². The van der Waals surface area contributed by atoms with Crippen molar-refractivity contribution in [2.75, 3.05) is 6.61 Å². The molecule has 0 spiro atoms. The number of ketones is 2. The van der Waals surface area contributed by atoms with E-state index in [1.807, 2.05) is 13.8 Å². The Labute approximate surface area is 95.3 Å². The Morgan fingerprint density at radius 2 is 1.81 bits per heavy atom. The predicted molar refractivity (Wildman–Crippen MR) is 57.8 cm³/mol. The molecule has 0 heterocycles. The van der Waals surface area contributed by atoms with E-state index in [4.69, 9.17) is 4.74 Å². The summed E-state index contributed by atoms with van der Waals surface area (Å²) in [5, 5.41) is 0. The van der Waals surface area contributed by atoms with Crippen LogP contribution in [0.15, 0.2) is 0 Å². The first-order valence-electron chi connectivity index (χ1n) is 5.57. The topological polar surface area (TPSA) is 60.4 Å². The molecule has 0 amide bonds. The molecule has 1 saturated carbocycles. The summed E-state index contributed by atoms with van der Waals surface area (Å²) < 4.78 is 4.75. The standard InChI is InChI=1S/C12H18O4/c1-4-16-11(15)5-8-9(13)6-12(2,3)7-10(8)14/h8H,4-7H2,1-3H3. The lowest BCUT2D eigenvalue weighted by Crippen LogP contribution is -2.38. The monoisotopic (exact) mass is 226 g/mol. The van der Waals surface area contributed by atoms with Gasteiger partial charge in [-0.05, 0) is 12.3 Å². The van der Waals surface area contributed by atoms with Crippen molar-refractivity contribution >= 4 is 17.5 Å². The Hall–Kier alpha value is -1.19. The van der Waals surface area contributed by atoms with Crippen molar-refractivity contribution in [1.82, 2.24) is 0 Å². The second kappa shape index (κ2) is 4.76. The van der Waals surface area contributed by atoms with E-state index in [1.165, 1.54) is 0 Å². The van der Waals surface area contributed by atoms with Crippen molar-refractivity contribution in [1.29, 1.82) is 0 Å². The Kier molecular flexibility index (Phi) is 3.83. The summed E-state index contributed by atoms with van der Waals surface area (Å²) >= 11 is 0. The summed E-state index contributed by atoms with van der Waals surface area (Å²) in [5.41, 5.74) is -0.265. The highest BCUT2D eigenvalue weighted by Crippen LogP contribution is 2.34. The number of carbonyl (C=O) groups excluding carboxylic acids is 3. The van der Waals surface area contributed by atoms with Gasteiger partial charge < -0.3 is 4.74 Å². The van der Waals surface area contributed by atoms with E-state index >= 15 is 0 Å². The van der Waals surface area contributed by atoms with Crippen LogP contribution >= 0.6 is 0 Å². The molecule has 0 aromatic heterocycles. The largest absolute Gasteiger partial charge is 0.466 e. The van der Waals surface area contributed by atoms with Gasteiger partial charge in [-0.3, -0.25) is 14.4 Å². The molecule has 90 valence electrons. The van der Waals surface area contributed by atoms with Crippen molar-refractivity contribution in [3.8, 4) is 0 Å². The Morgan fingerprint density at radius 1 is 1.31 bits per heavy atom. The molecule has 0 radical (unpaired) electrons. The van der Waals surface area contributed by atoms with Gasteiger partial charge in [-0.15, -0.1) is 0 Å². The van der Waals surface area contributed by atoms with Crippen LogP contribution in [0, 0.1) is 11.3 Å². The average Bonchev–Trinajstić information content (AvgIpc) is 2.10. The summed E-state index contributed by atoms with van der Waals surface area (Å²) in [6, 6.07) is 0. The van der Waals surface area contributed by atoms with Gasteiger partial charge in [0.2, 0.25) is 0 Å².